The van der Waals surface area contributed by atoms with E-state index in [9.17, 15) is 22.0 Å². The van der Waals surface area contributed by atoms with Crippen LogP contribution in [0, 0.1) is 5.92 Å². The summed E-state index contributed by atoms with van der Waals surface area (Å²) in [4.78, 5) is 16.4. The van der Waals surface area contributed by atoms with E-state index in [-0.39, 0.29) is 42.5 Å². The number of hydrogen-bond donors (Lipinski definition) is 0. The van der Waals surface area contributed by atoms with Gasteiger partial charge in [-0.2, -0.15) is 0 Å². The summed E-state index contributed by atoms with van der Waals surface area (Å²) in [5.41, 5.74) is -0.236. The zero-order valence-corrected chi connectivity index (χ0v) is 15.7. The van der Waals surface area contributed by atoms with E-state index in [0.717, 1.165) is 38.8 Å². The van der Waals surface area contributed by atoms with Crippen LogP contribution in [0.1, 0.15) is 44.9 Å². The van der Waals surface area contributed by atoms with Crippen LogP contribution in [0.5, 0.6) is 0 Å². The fraction of sp³-hybridized carbons (Fsp3) is 0.941. The molecule has 1 aliphatic carbocycles. The molecule has 1 spiro atoms. The summed E-state index contributed by atoms with van der Waals surface area (Å²) < 4.78 is 49.0. The Bertz CT molecular complexity index is 617. The molecule has 0 bridgehead atoms. The maximum Gasteiger partial charge on any atom is 0.248 e. The third-order valence-electron chi connectivity index (χ3n) is 6.06. The van der Waals surface area contributed by atoms with Gasteiger partial charge in [-0.3, -0.25) is 4.79 Å². The molecular weight excluding hydrogens is 350 g/mol. The van der Waals surface area contributed by atoms with Gasteiger partial charge in [0.15, 0.2) is 0 Å². The smallest absolute Gasteiger partial charge is 0.248 e. The Labute approximate surface area is 148 Å². The van der Waals surface area contributed by atoms with Crippen LogP contribution in [-0.4, -0.2) is 73.8 Å². The summed E-state index contributed by atoms with van der Waals surface area (Å²) in [6.45, 7) is 2.65. The fourth-order valence-electron chi connectivity index (χ4n) is 4.71. The number of nitrogens with zero attached hydrogens (tertiary/aromatic N) is 2. The minimum atomic E-state index is -3.11. The summed E-state index contributed by atoms with van der Waals surface area (Å²) >= 11 is 0. The van der Waals surface area contributed by atoms with Crippen LogP contribution in [0.3, 0.4) is 0 Å². The van der Waals surface area contributed by atoms with Crippen LogP contribution >= 0.6 is 0 Å². The fourth-order valence-corrected chi connectivity index (χ4v) is 5.22. The second kappa shape index (κ2) is 6.76. The molecule has 3 rings (SSSR count). The van der Waals surface area contributed by atoms with Crippen molar-refractivity contribution in [3.8, 4) is 0 Å². The number of halogens is 2. The van der Waals surface area contributed by atoms with Crippen LogP contribution in [-0.2, 0) is 14.6 Å². The maximum atomic E-state index is 13.0. The molecule has 0 N–H and O–H groups in total. The van der Waals surface area contributed by atoms with Crippen molar-refractivity contribution in [2.45, 2.75) is 56.4 Å². The Morgan fingerprint density at radius 1 is 1.16 bits per heavy atom. The van der Waals surface area contributed by atoms with Gasteiger partial charge in [-0.25, -0.2) is 17.2 Å². The summed E-state index contributed by atoms with van der Waals surface area (Å²) in [6.07, 6.45) is 5.06. The van der Waals surface area contributed by atoms with Gasteiger partial charge in [-0.05, 0) is 38.1 Å². The first kappa shape index (κ1) is 19.0. The lowest BCUT2D eigenvalue weighted by Gasteiger charge is -2.39. The van der Waals surface area contributed by atoms with Crippen LogP contribution < -0.4 is 0 Å². The highest BCUT2D eigenvalue weighted by Gasteiger charge is 2.48. The number of carbonyl (C=O) groups excluding carboxylic acids is 1. The Morgan fingerprint density at radius 2 is 1.88 bits per heavy atom. The van der Waals surface area contributed by atoms with Crippen LogP contribution in [0.2, 0.25) is 0 Å². The molecule has 1 atom stereocenters. The van der Waals surface area contributed by atoms with E-state index in [2.05, 4.69) is 4.90 Å². The van der Waals surface area contributed by atoms with Gasteiger partial charge in [0.1, 0.15) is 9.84 Å². The highest BCUT2D eigenvalue weighted by Crippen LogP contribution is 2.44. The molecule has 5 nitrogen and oxygen atoms in total. The lowest BCUT2D eigenvalue weighted by molar-refractivity contribution is -0.131. The summed E-state index contributed by atoms with van der Waals surface area (Å²) in [6, 6.07) is 0. The summed E-state index contributed by atoms with van der Waals surface area (Å²) in [5, 5.41) is 0. The second-order valence-corrected chi connectivity index (χ2v) is 10.4. The molecule has 144 valence electrons. The molecule has 3 fully saturated rings. The van der Waals surface area contributed by atoms with Gasteiger partial charge in [0.2, 0.25) is 11.8 Å². The van der Waals surface area contributed by atoms with Crippen molar-refractivity contribution >= 4 is 15.7 Å². The van der Waals surface area contributed by atoms with E-state index >= 15 is 0 Å². The largest absolute Gasteiger partial charge is 0.336 e. The molecule has 1 saturated carbocycles. The van der Waals surface area contributed by atoms with E-state index in [4.69, 9.17) is 0 Å². The number of carbonyl (C=O) groups is 1. The summed E-state index contributed by atoms with van der Waals surface area (Å²) in [5.74, 6) is -2.34. The molecule has 0 radical (unpaired) electrons. The van der Waals surface area contributed by atoms with Crippen LogP contribution in [0.15, 0.2) is 0 Å². The molecular formula is C17H28F2N2O3S. The van der Waals surface area contributed by atoms with Gasteiger partial charge in [-0.15, -0.1) is 0 Å². The monoisotopic (exact) mass is 378 g/mol. The lowest BCUT2D eigenvalue weighted by Crippen LogP contribution is -2.48. The van der Waals surface area contributed by atoms with Gasteiger partial charge >= 0.3 is 0 Å². The van der Waals surface area contributed by atoms with Crippen LogP contribution in [0.25, 0.3) is 0 Å². The van der Waals surface area contributed by atoms with Crippen molar-refractivity contribution in [1.29, 1.82) is 0 Å². The number of likely N-dealkylation sites (tertiary alicyclic amines) is 2. The number of alkyl halides is 2. The molecule has 0 unspecified atom stereocenters. The van der Waals surface area contributed by atoms with E-state index in [1.54, 1.807) is 4.90 Å². The minimum Gasteiger partial charge on any atom is -0.336 e. The Hall–Kier alpha value is -0.760. The number of rotatable bonds is 5. The average Bonchev–Trinajstić information content (AvgIpc) is 2.63. The SMILES string of the molecule is CS(=O)(=O)CCN1C(=O)CC[C@@]12CCCN(CC1CC(F)(F)C1)CC2. The second-order valence-electron chi connectivity index (χ2n) is 8.18. The topological polar surface area (TPSA) is 57.7 Å². The van der Waals surface area contributed by atoms with Gasteiger partial charge in [0.05, 0.1) is 5.75 Å². The standard InChI is InChI=1S/C17H28F2N2O3S/c1-25(23,24)10-9-21-15(22)3-5-16(21)4-2-7-20(8-6-16)13-14-11-17(18,19)12-14/h14H,2-13H2,1H3/t16-/m1/s1. The van der Waals surface area contributed by atoms with Gasteiger partial charge in [-0.1, -0.05) is 0 Å². The number of hydrogen-bond acceptors (Lipinski definition) is 4. The van der Waals surface area contributed by atoms with Crippen molar-refractivity contribution in [3.05, 3.63) is 0 Å². The first-order valence-electron chi connectivity index (χ1n) is 9.17. The molecule has 0 aromatic rings. The van der Waals surface area contributed by atoms with Crippen molar-refractivity contribution in [2.24, 2.45) is 5.92 Å². The highest BCUT2D eigenvalue weighted by atomic mass is 32.2. The van der Waals surface area contributed by atoms with E-state index in [1.165, 1.54) is 6.26 Å². The first-order chi connectivity index (χ1) is 11.6. The van der Waals surface area contributed by atoms with Crippen molar-refractivity contribution < 1.29 is 22.0 Å². The molecule has 8 heteroatoms. The summed E-state index contributed by atoms with van der Waals surface area (Å²) in [7, 11) is -3.11. The lowest BCUT2D eigenvalue weighted by atomic mass is 9.81. The molecule has 1 amide bonds. The van der Waals surface area contributed by atoms with E-state index < -0.39 is 15.8 Å². The minimum absolute atomic E-state index is 0.00135. The Morgan fingerprint density at radius 3 is 2.52 bits per heavy atom. The van der Waals surface area contributed by atoms with E-state index in [1.807, 2.05) is 0 Å². The average molecular weight is 378 g/mol. The van der Waals surface area contributed by atoms with Crippen molar-refractivity contribution in [2.75, 3.05) is 38.2 Å². The molecule has 25 heavy (non-hydrogen) atoms. The third-order valence-corrected chi connectivity index (χ3v) is 6.99. The highest BCUT2D eigenvalue weighted by molar-refractivity contribution is 7.90. The molecule has 3 aliphatic rings. The first-order valence-corrected chi connectivity index (χ1v) is 11.2. The number of amides is 1. The molecule has 0 aromatic heterocycles. The van der Waals surface area contributed by atoms with Gasteiger partial charge in [0, 0.05) is 50.7 Å². The molecule has 2 aliphatic heterocycles. The van der Waals surface area contributed by atoms with E-state index in [0.29, 0.717) is 13.0 Å². The third kappa shape index (κ3) is 4.51. The van der Waals surface area contributed by atoms with Gasteiger partial charge < -0.3 is 9.80 Å². The van der Waals surface area contributed by atoms with Crippen molar-refractivity contribution in [1.82, 2.24) is 9.80 Å². The molecule has 2 heterocycles. The molecule has 0 aromatic carbocycles. The molecule has 2 saturated heterocycles. The normalized spacial score (nSPS) is 31.3. The predicted molar refractivity (Wildman–Crippen MR) is 91.4 cm³/mol. The Kier molecular flexibility index (Phi) is 5.14. The number of sulfone groups is 1. The zero-order valence-electron chi connectivity index (χ0n) is 14.8. The maximum absolute atomic E-state index is 13.0. The predicted octanol–water partition coefficient (Wildman–Crippen LogP) is 1.92. The van der Waals surface area contributed by atoms with Gasteiger partial charge in [0.25, 0.3) is 0 Å². The quantitative estimate of drug-likeness (QED) is 0.733. The van der Waals surface area contributed by atoms with Crippen LogP contribution in [0.4, 0.5) is 8.78 Å². The zero-order chi connectivity index (χ0) is 18.3. The van der Waals surface area contributed by atoms with Crippen molar-refractivity contribution in [3.63, 3.8) is 0 Å². The Balaban J connectivity index is 1.59.